The highest BCUT2D eigenvalue weighted by molar-refractivity contribution is 5.56. The molecule has 136 valence electrons. The molecular formula is C18H18F5NO. The Kier molecular flexibility index (Phi) is 4.83. The first-order valence-corrected chi connectivity index (χ1v) is 7.56. The van der Waals surface area contributed by atoms with E-state index in [1.807, 2.05) is 0 Å². The summed E-state index contributed by atoms with van der Waals surface area (Å²) in [7, 11) is 0. The van der Waals surface area contributed by atoms with Gasteiger partial charge in [-0.3, -0.25) is 0 Å². The molecule has 0 aliphatic rings. The molecule has 0 aromatic heterocycles. The maximum Gasteiger partial charge on any atom is 0.457 e. The SMILES string of the molecule is CC(C)c1ccccc1C(O)(c1ccccc1N)C(F)(F)C(F)(F)F. The number of nitrogen functional groups attached to an aromatic ring is 1. The number of hydrogen-bond donors (Lipinski definition) is 2. The molecule has 0 aliphatic heterocycles. The number of benzene rings is 2. The number of halogens is 5. The van der Waals surface area contributed by atoms with E-state index < -0.39 is 34.7 Å². The normalized spacial score (nSPS) is 15.2. The first kappa shape index (κ1) is 19.2. The van der Waals surface area contributed by atoms with Crippen LogP contribution in [-0.2, 0) is 5.60 Å². The minimum atomic E-state index is -5.98. The van der Waals surface area contributed by atoms with E-state index in [0.717, 1.165) is 12.1 Å². The standard InChI is InChI=1S/C18H18F5NO/c1-11(2)12-7-3-4-8-13(12)16(25,17(19,20)18(21,22)23)14-9-5-6-10-15(14)24/h3-11,25H,24H2,1-2H3. The summed E-state index contributed by atoms with van der Waals surface area (Å²) >= 11 is 0. The molecule has 0 aliphatic carbocycles. The van der Waals surface area contributed by atoms with Gasteiger partial charge in [-0.15, -0.1) is 0 Å². The van der Waals surface area contributed by atoms with Crippen LogP contribution in [0.3, 0.4) is 0 Å². The topological polar surface area (TPSA) is 46.2 Å². The number of hydrogen-bond acceptors (Lipinski definition) is 2. The van der Waals surface area contributed by atoms with Crippen molar-refractivity contribution in [2.24, 2.45) is 0 Å². The van der Waals surface area contributed by atoms with E-state index in [1.165, 1.54) is 36.4 Å². The largest absolute Gasteiger partial charge is 0.457 e. The van der Waals surface area contributed by atoms with Gasteiger partial charge in [0.15, 0.2) is 5.60 Å². The van der Waals surface area contributed by atoms with Crippen molar-refractivity contribution in [1.29, 1.82) is 0 Å². The summed E-state index contributed by atoms with van der Waals surface area (Å²) in [6, 6.07) is 10.1. The number of nitrogens with two attached hydrogens (primary N) is 1. The lowest BCUT2D eigenvalue weighted by Crippen LogP contribution is -2.56. The Bertz CT molecular complexity index is 757. The Labute approximate surface area is 142 Å². The minimum absolute atomic E-state index is 0.178. The molecule has 2 aromatic rings. The van der Waals surface area contributed by atoms with Crippen LogP contribution in [0.4, 0.5) is 27.6 Å². The molecule has 0 amide bonds. The van der Waals surface area contributed by atoms with Gasteiger partial charge in [-0.05, 0) is 23.1 Å². The number of aliphatic hydroxyl groups is 1. The summed E-state index contributed by atoms with van der Waals surface area (Å²) in [5.74, 6) is -5.85. The molecule has 0 heterocycles. The third kappa shape index (κ3) is 2.97. The van der Waals surface area contributed by atoms with Crippen LogP contribution in [0.1, 0.15) is 36.5 Å². The Morgan fingerprint density at radius 2 is 1.32 bits per heavy atom. The van der Waals surface area contributed by atoms with Gasteiger partial charge in [0.05, 0.1) is 0 Å². The second-order valence-electron chi connectivity index (χ2n) is 6.11. The van der Waals surface area contributed by atoms with Gasteiger partial charge in [0.25, 0.3) is 0 Å². The number of alkyl halides is 5. The van der Waals surface area contributed by atoms with E-state index in [2.05, 4.69) is 0 Å². The lowest BCUT2D eigenvalue weighted by atomic mass is 9.76. The molecule has 1 atom stereocenters. The second-order valence-corrected chi connectivity index (χ2v) is 6.11. The number of para-hydroxylation sites is 1. The van der Waals surface area contributed by atoms with Gasteiger partial charge >= 0.3 is 12.1 Å². The molecule has 1 unspecified atom stereocenters. The molecule has 2 aromatic carbocycles. The highest BCUT2D eigenvalue weighted by Crippen LogP contribution is 2.54. The predicted molar refractivity (Wildman–Crippen MR) is 85.4 cm³/mol. The van der Waals surface area contributed by atoms with Crippen LogP contribution in [0, 0.1) is 0 Å². The molecule has 0 saturated carbocycles. The molecule has 25 heavy (non-hydrogen) atoms. The van der Waals surface area contributed by atoms with E-state index in [4.69, 9.17) is 5.73 Å². The summed E-state index contributed by atoms with van der Waals surface area (Å²) in [6.45, 7) is 3.28. The molecular weight excluding hydrogens is 341 g/mol. The molecule has 3 N–H and O–H groups in total. The van der Waals surface area contributed by atoms with Crippen molar-refractivity contribution in [1.82, 2.24) is 0 Å². The summed E-state index contributed by atoms with van der Waals surface area (Å²) in [5.41, 5.74) is 0.606. The second kappa shape index (κ2) is 6.29. The van der Waals surface area contributed by atoms with Gasteiger partial charge in [0.2, 0.25) is 0 Å². The van der Waals surface area contributed by atoms with Crippen molar-refractivity contribution in [3.05, 3.63) is 65.2 Å². The van der Waals surface area contributed by atoms with Gasteiger partial charge in [0.1, 0.15) is 0 Å². The zero-order valence-corrected chi connectivity index (χ0v) is 13.6. The monoisotopic (exact) mass is 359 g/mol. The third-order valence-corrected chi connectivity index (χ3v) is 4.13. The summed E-state index contributed by atoms with van der Waals surface area (Å²) in [5, 5.41) is 10.9. The fraction of sp³-hybridized carbons (Fsp3) is 0.333. The van der Waals surface area contributed by atoms with E-state index in [-0.39, 0.29) is 11.3 Å². The highest BCUT2D eigenvalue weighted by Gasteiger charge is 2.71. The third-order valence-electron chi connectivity index (χ3n) is 4.13. The molecule has 0 spiro atoms. The fourth-order valence-electron chi connectivity index (χ4n) is 2.84. The van der Waals surface area contributed by atoms with E-state index in [0.29, 0.717) is 0 Å². The zero-order valence-electron chi connectivity index (χ0n) is 13.6. The minimum Gasteiger partial charge on any atom is -0.398 e. The van der Waals surface area contributed by atoms with Crippen molar-refractivity contribution in [3.8, 4) is 0 Å². The Hall–Kier alpha value is -2.15. The Balaban J connectivity index is 2.92. The van der Waals surface area contributed by atoms with Crippen LogP contribution in [-0.4, -0.2) is 17.2 Å². The average Bonchev–Trinajstić information content (AvgIpc) is 2.53. The maximum atomic E-state index is 14.5. The van der Waals surface area contributed by atoms with Crippen LogP contribution in [0.25, 0.3) is 0 Å². The quantitative estimate of drug-likeness (QED) is 0.607. The smallest absolute Gasteiger partial charge is 0.398 e. The van der Waals surface area contributed by atoms with Crippen LogP contribution in [0.5, 0.6) is 0 Å². The van der Waals surface area contributed by atoms with Crippen molar-refractivity contribution >= 4 is 5.69 Å². The van der Waals surface area contributed by atoms with E-state index >= 15 is 0 Å². The van der Waals surface area contributed by atoms with E-state index in [1.54, 1.807) is 13.8 Å². The van der Waals surface area contributed by atoms with Crippen molar-refractivity contribution < 1.29 is 27.1 Å². The van der Waals surface area contributed by atoms with Crippen LogP contribution in [0.15, 0.2) is 48.5 Å². The first-order chi connectivity index (χ1) is 11.4. The van der Waals surface area contributed by atoms with Gasteiger partial charge in [-0.1, -0.05) is 56.3 Å². The van der Waals surface area contributed by atoms with Crippen molar-refractivity contribution in [3.63, 3.8) is 0 Å². The van der Waals surface area contributed by atoms with Crippen molar-refractivity contribution in [2.45, 2.75) is 37.5 Å². The molecule has 0 bridgehead atoms. The molecule has 2 nitrogen and oxygen atoms in total. The number of anilines is 1. The van der Waals surface area contributed by atoms with E-state index in [9.17, 15) is 27.1 Å². The highest BCUT2D eigenvalue weighted by atomic mass is 19.4. The number of rotatable bonds is 4. The first-order valence-electron chi connectivity index (χ1n) is 7.56. The lowest BCUT2D eigenvalue weighted by molar-refractivity contribution is -0.336. The molecule has 2 rings (SSSR count). The zero-order chi connectivity index (χ0) is 19.0. The molecule has 7 heteroatoms. The van der Waals surface area contributed by atoms with Crippen LogP contribution >= 0.6 is 0 Å². The average molecular weight is 359 g/mol. The molecule has 0 saturated heterocycles. The summed E-state index contributed by atoms with van der Waals surface area (Å²) in [6.07, 6.45) is -5.98. The Morgan fingerprint density at radius 1 is 0.840 bits per heavy atom. The lowest BCUT2D eigenvalue weighted by Gasteiger charge is -2.39. The molecule has 0 fully saturated rings. The van der Waals surface area contributed by atoms with Crippen molar-refractivity contribution in [2.75, 3.05) is 5.73 Å². The predicted octanol–water partition coefficient (Wildman–Crippen LogP) is 4.83. The molecule has 0 radical (unpaired) electrons. The fourth-order valence-corrected chi connectivity index (χ4v) is 2.84. The summed E-state index contributed by atoms with van der Waals surface area (Å²) in [4.78, 5) is 0. The Morgan fingerprint density at radius 3 is 1.80 bits per heavy atom. The van der Waals surface area contributed by atoms with Crippen LogP contribution < -0.4 is 5.73 Å². The van der Waals surface area contributed by atoms with Gasteiger partial charge < -0.3 is 10.8 Å². The van der Waals surface area contributed by atoms with Gasteiger partial charge in [-0.2, -0.15) is 22.0 Å². The maximum absolute atomic E-state index is 14.5. The van der Waals surface area contributed by atoms with Gasteiger partial charge in [-0.25, -0.2) is 0 Å². The van der Waals surface area contributed by atoms with Crippen LogP contribution in [0.2, 0.25) is 0 Å². The summed E-state index contributed by atoms with van der Waals surface area (Å²) < 4.78 is 68.7. The van der Waals surface area contributed by atoms with Gasteiger partial charge in [0, 0.05) is 11.3 Å².